The van der Waals surface area contributed by atoms with Crippen LogP contribution in [0.5, 0.6) is 0 Å². The first kappa shape index (κ1) is 21.2. The topological polar surface area (TPSA) is 94.6 Å². The van der Waals surface area contributed by atoms with Gasteiger partial charge < -0.3 is 4.90 Å². The molecule has 0 aliphatic carbocycles. The first-order valence-electron chi connectivity index (χ1n) is 10.6. The second kappa shape index (κ2) is 9.07. The van der Waals surface area contributed by atoms with Crippen LogP contribution in [-0.4, -0.2) is 58.4 Å². The lowest BCUT2D eigenvalue weighted by Crippen LogP contribution is -2.46. The number of halogens is 2. The number of aromatic nitrogens is 7. The van der Waals surface area contributed by atoms with E-state index in [0.717, 1.165) is 25.5 Å². The van der Waals surface area contributed by atoms with Gasteiger partial charge in [-0.05, 0) is 49.6 Å². The van der Waals surface area contributed by atoms with E-state index in [4.69, 9.17) is 11.6 Å². The second-order valence-corrected chi connectivity index (χ2v) is 8.21. The Bertz CT molecular complexity index is 1260. The maximum absolute atomic E-state index is 13.6. The third-order valence-electron chi connectivity index (χ3n) is 5.61. The van der Waals surface area contributed by atoms with Crippen molar-refractivity contribution in [2.24, 2.45) is 0 Å². The minimum Gasteiger partial charge on any atom is -0.334 e. The molecule has 0 N–H and O–H groups in total. The summed E-state index contributed by atoms with van der Waals surface area (Å²) in [4.78, 5) is 22.5. The number of rotatable bonds is 5. The van der Waals surface area contributed by atoms with Gasteiger partial charge in [-0.25, -0.2) is 4.39 Å². The first-order chi connectivity index (χ1) is 16.1. The van der Waals surface area contributed by atoms with Crippen molar-refractivity contribution in [3.05, 3.63) is 71.5 Å². The van der Waals surface area contributed by atoms with Crippen LogP contribution < -0.4 is 0 Å². The van der Waals surface area contributed by atoms with Gasteiger partial charge in [0.1, 0.15) is 11.5 Å². The van der Waals surface area contributed by atoms with Crippen LogP contribution in [0.15, 0.2) is 55.1 Å². The van der Waals surface area contributed by atoms with Crippen molar-refractivity contribution in [1.82, 2.24) is 39.9 Å². The van der Waals surface area contributed by atoms with Crippen molar-refractivity contribution in [3.8, 4) is 17.1 Å². The highest BCUT2D eigenvalue weighted by Gasteiger charge is 2.30. The zero-order chi connectivity index (χ0) is 22.8. The lowest BCUT2D eigenvalue weighted by atomic mass is 10.0. The highest BCUT2D eigenvalue weighted by Crippen LogP contribution is 2.26. The van der Waals surface area contributed by atoms with Crippen LogP contribution in [0.1, 0.15) is 29.6 Å². The highest BCUT2D eigenvalue weighted by molar-refractivity contribution is 6.31. The molecule has 5 rings (SSSR count). The Hall–Kier alpha value is -3.66. The van der Waals surface area contributed by atoms with E-state index in [2.05, 4.69) is 25.4 Å². The van der Waals surface area contributed by atoms with E-state index >= 15 is 0 Å². The van der Waals surface area contributed by atoms with Gasteiger partial charge >= 0.3 is 0 Å². The molecule has 1 aliphatic rings. The molecule has 4 heterocycles. The minimum absolute atomic E-state index is 0.0925. The van der Waals surface area contributed by atoms with Gasteiger partial charge in [-0.3, -0.25) is 9.78 Å². The van der Waals surface area contributed by atoms with Gasteiger partial charge in [0.15, 0.2) is 0 Å². The molecule has 168 valence electrons. The molecule has 11 heteroatoms. The van der Waals surface area contributed by atoms with Crippen LogP contribution in [-0.2, 0) is 6.54 Å². The second-order valence-electron chi connectivity index (χ2n) is 7.77. The van der Waals surface area contributed by atoms with E-state index in [1.807, 2.05) is 4.90 Å². The standard InChI is InChI=1S/C22H20ClFN8O/c23-15-4-7-21(32-26-8-9-27-32)18(11-15)22(33)30-10-2-1-3-17(30)14-31-28-13-20(29-31)19-6-5-16(24)12-25-19/h4-9,11-13,17H,1-3,10,14H2/t17-/m0/s1. The molecule has 0 radical (unpaired) electrons. The molecule has 1 aliphatic heterocycles. The molecule has 1 amide bonds. The Kier molecular flexibility index (Phi) is 5.82. The summed E-state index contributed by atoms with van der Waals surface area (Å²) in [5.74, 6) is -0.546. The fourth-order valence-electron chi connectivity index (χ4n) is 4.03. The lowest BCUT2D eigenvalue weighted by Gasteiger charge is -2.35. The predicted molar refractivity (Wildman–Crippen MR) is 118 cm³/mol. The first-order valence-corrected chi connectivity index (χ1v) is 11.0. The molecular weight excluding hydrogens is 447 g/mol. The van der Waals surface area contributed by atoms with Gasteiger partial charge in [-0.15, -0.1) is 0 Å². The fourth-order valence-corrected chi connectivity index (χ4v) is 4.20. The summed E-state index contributed by atoms with van der Waals surface area (Å²) in [6.45, 7) is 1.05. The Morgan fingerprint density at radius 3 is 2.70 bits per heavy atom. The summed E-state index contributed by atoms with van der Waals surface area (Å²) >= 11 is 6.22. The van der Waals surface area contributed by atoms with Crippen molar-refractivity contribution in [1.29, 1.82) is 0 Å². The molecule has 1 saturated heterocycles. The largest absolute Gasteiger partial charge is 0.334 e. The van der Waals surface area contributed by atoms with Crippen molar-refractivity contribution in [2.75, 3.05) is 6.54 Å². The number of hydrogen-bond donors (Lipinski definition) is 0. The van der Waals surface area contributed by atoms with Gasteiger partial charge in [-0.1, -0.05) is 11.6 Å². The van der Waals surface area contributed by atoms with E-state index in [0.29, 0.717) is 40.8 Å². The summed E-state index contributed by atoms with van der Waals surface area (Å²) in [5.41, 5.74) is 2.09. The SMILES string of the molecule is O=C(c1cc(Cl)ccc1-n1nccn1)N1CCCC[C@H]1Cn1ncc(-c2ccc(F)cn2)n1. The van der Waals surface area contributed by atoms with E-state index < -0.39 is 5.82 Å². The predicted octanol–water partition coefficient (Wildman–Crippen LogP) is 3.41. The summed E-state index contributed by atoms with van der Waals surface area (Å²) < 4.78 is 13.2. The summed E-state index contributed by atoms with van der Waals surface area (Å²) in [6.07, 6.45) is 8.60. The van der Waals surface area contributed by atoms with E-state index in [1.54, 1.807) is 47.7 Å². The van der Waals surface area contributed by atoms with Crippen LogP contribution in [0, 0.1) is 5.82 Å². The maximum atomic E-state index is 13.6. The molecule has 9 nitrogen and oxygen atoms in total. The number of likely N-dealkylation sites (tertiary alicyclic amines) is 1. The van der Waals surface area contributed by atoms with Gasteiger partial charge in [0.2, 0.25) is 0 Å². The van der Waals surface area contributed by atoms with Crippen molar-refractivity contribution < 1.29 is 9.18 Å². The summed E-state index contributed by atoms with van der Waals surface area (Å²) in [5, 5.41) is 17.6. The van der Waals surface area contributed by atoms with Gasteiger partial charge in [0.05, 0.1) is 54.3 Å². The Morgan fingerprint density at radius 1 is 1.06 bits per heavy atom. The minimum atomic E-state index is -0.409. The number of pyridine rings is 1. The lowest BCUT2D eigenvalue weighted by molar-refractivity contribution is 0.0577. The quantitative estimate of drug-likeness (QED) is 0.447. The van der Waals surface area contributed by atoms with Gasteiger partial charge in [0.25, 0.3) is 5.91 Å². The highest BCUT2D eigenvalue weighted by atomic mass is 35.5. The number of hydrogen-bond acceptors (Lipinski definition) is 6. The van der Waals surface area contributed by atoms with E-state index in [9.17, 15) is 9.18 Å². The van der Waals surface area contributed by atoms with Crippen molar-refractivity contribution >= 4 is 17.5 Å². The van der Waals surface area contributed by atoms with Crippen LogP contribution in [0.3, 0.4) is 0 Å². The van der Waals surface area contributed by atoms with Gasteiger partial charge in [-0.2, -0.15) is 30.0 Å². The Labute approximate surface area is 193 Å². The van der Waals surface area contributed by atoms with E-state index in [1.165, 1.54) is 10.9 Å². The number of benzene rings is 1. The van der Waals surface area contributed by atoms with Crippen molar-refractivity contribution in [2.45, 2.75) is 31.8 Å². The number of carbonyl (C=O) groups excluding carboxylic acids is 1. The Balaban J connectivity index is 1.39. The molecule has 4 aromatic rings. The van der Waals surface area contributed by atoms with Crippen molar-refractivity contribution in [3.63, 3.8) is 0 Å². The molecular formula is C22H20ClFN8O. The number of nitrogens with zero attached hydrogens (tertiary/aromatic N) is 8. The number of amides is 1. The molecule has 1 atom stereocenters. The number of piperidine rings is 1. The average molecular weight is 467 g/mol. The molecule has 0 saturated carbocycles. The number of carbonyl (C=O) groups is 1. The maximum Gasteiger partial charge on any atom is 0.256 e. The average Bonchev–Trinajstić information content (AvgIpc) is 3.52. The van der Waals surface area contributed by atoms with Crippen LogP contribution in [0.4, 0.5) is 4.39 Å². The zero-order valence-corrected chi connectivity index (χ0v) is 18.3. The molecule has 1 fully saturated rings. The normalized spacial score (nSPS) is 16.2. The van der Waals surface area contributed by atoms with Crippen LogP contribution in [0.25, 0.3) is 17.1 Å². The molecule has 33 heavy (non-hydrogen) atoms. The van der Waals surface area contributed by atoms with Gasteiger partial charge in [0, 0.05) is 11.6 Å². The molecule has 3 aromatic heterocycles. The van der Waals surface area contributed by atoms with Crippen LogP contribution in [0.2, 0.25) is 5.02 Å². The van der Waals surface area contributed by atoms with Crippen LogP contribution >= 0.6 is 11.6 Å². The molecule has 0 bridgehead atoms. The molecule has 0 unspecified atom stereocenters. The Morgan fingerprint density at radius 2 is 1.91 bits per heavy atom. The summed E-state index contributed by atoms with van der Waals surface area (Å²) in [6, 6.07) is 7.91. The monoisotopic (exact) mass is 466 g/mol. The molecule has 0 spiro atoms. The van der Waals surface area contributed by atoms with E-state index in [-0.39, 0.29) is 11.9 Å². The third kappa shape index (κ3) is 4.47. The summed E-state index contributed by atoms with van der Waals surface area (Å²) in [7, 11) is 0. The third-order valence-corrected chi connectivity index (χ3v) is 5.85. The smallest absolute Gasteiger partial charge is 0.256 e. The molecule has 1 aromatic carbocycles. The zero-order valence-electron chi connectivity index (χ0n) is 17.6. The fraction of sp³-hybridized carbons (Fsp3) is 0.273.